The van der Waals surface area contributed by atoms with E-state index in [1.54, 1.807) is 6.26 Å². The zero-order valence-electron chi connectivity index (χ0n) is 21.1. The lowest BCUT2D eigenvalue weighted by molar-refractivity contribution is -0.168. The molecule has 1 amide bonds. The number of hydrogen-bond acceptors (Lipinski definition) is 7. The summed E-state index contributed by atoms with van der Waals surface area (Å²) in [6.45, 7) is 4.34. The molecule has 3 aromatic rings. The molecular weight excluding hydrogens is 474 g/mol. The SMILES string of the molecule is CCOC1OC(C(=O)NCc2ccccc2)=CC(c2coc3ccccc23)C1CCOCCOCCO. The Bertz CT molecular complexity index is 1140. The van der Waals surface area contributed by atoms with Gasteiger partial charge < -0.3 is 33.8 Å². The van der Waals surface area contributed by atoms with E-state index in [4.69, 9.17) is 28.5 Å². The third kappa shape index (κ3) is 7.20. The second-order valence-corrected chi connectivity index (χ2v) is 8.75. The van der Waals surface area contributed by atoms with Crippen molar-refractivity contribution in [1.29, 1.82) is 0 Å². The number of aliphatic hydroxyl groups is 1. The van der Waals surface area contributed by atoms with Crippen molar-refractivity contribution in [3.63, 3.8) is 0 Å². The molecule has 2 aromatic carbocycles. The van der Waals surface area contributed by atoms with Crippen molar-refractivity contribution < 1.29 is 33.3 Å². The summed E-state index contributed by atoms with van der Waals surface area (Å²) in [4.78, 5) is 13.2. The minimum Gasteiger partial charge on any atom is -0.464 e. The molecule has 4 rings (SSSR count). The quantitative estimate of drug-likeness (QED) is 0.315. The highest BCUT2D eigenvalue weighted by molar-refractivity contribution is 5.92. The largest absolute Gasteiger partial charge is 0.464 e. The van der Waals surface area contributed by atoms with Gasteiger partial charge in [0.2, 0.25) is 6.29 Å². The number of rotatable bonds is 14. The van der Waals surface area contributed by atoms with Gasteiger partial charge in [-0.3, -0.25) is 4.79 Å². The van der Waals surface area contributed by atoms with Gasteiger partial charge in [-0.05, 0) is 31.1 Å². The van der Waals surface area contributed by atoms with E-state index >= 15 is 0 Å². The van der Waals surface area contributed by atoms with Crippen LogP contribution in [-0.2, 0) is 30.3 Å². The number of allylic oxidation sites excluding steroid dienone is 1. The molecule has 0 aliphatic carbocycles. The monoisotopic (exact) mass is 509 g/mol. The summed E-state index contributed by atoms with van der Waals surface area (Å²) in [7, 11) is 0. The van der Waals surface area contributed by atoms with Gasteiger partial charge in [-0.15, -0.1) is 0 Å². The summed E-state index contributed by atoms with van der Waals surface area (Å²) >= 11 is 0. The molecule has 8 heteroatoms. The van der Waals surface area contributed by atoms with Crippen molar-refractivity contribution >= 4 is 16.9 Å². The van der Waals surface area contributed by atoms with Crippen LogP contribution in [0.3, 0.4) is 0 Å². The molecule has 0 saturated carbocycles. The summed E-state index contributed by atoms with van der Waals surface area (Å²) in [5, 5.41) is 12.8. The maximum atomic E-state index is 13.2. The van der Waals surface area contributed by atoms with Crippen LogP contribution in [0.15, 0.2) is 77.1 Å². The number of carbonyl (C=O) groups is 1. The molecule has 8 nitrogen and oxygen atoms in total. The standard InChI is InChI=1S/C29H35NO7/c1-2-35-29-23(12-14-33-16-17-34-15-13-31)24(25-20-36-26-11-7-6-10-22(25)26)18-27(37-29)28(32)30-19-21-8-4-3-5-9-21/h3-11,18,20,23-24,29,31H,2,12-17,19H2,1H3,(H,30,32). The minimum absolute atomic E-state index is 0.0105. The number of fused-ring (bicyclic) bond motifs is 1. The van der Waals surface area contributed by atoms with Crippen LogP contribution in [0.4, 0.5) is 0 Å². The Morgan fingerprint density at radius 2 is 1.76 bits per heavy atom. The number of ether oxygens (including phenoxy) is 4. The minimum atomic E-state index is -0.625. The molecule has 198 valence electrons. The lowest BCUT2D eigenvalue weighted by atomic mass is 9.81. The first-order chi connectivity index (χ1) is 18.2. The van der Waals surface area contributed by atoms with Gasteiger partial charge in [0.15, 0.2) is 5.76 Å². The van der Waals surface area contributed by atoms with E-state index in [2.05, 4.69) is 5.32 Å². The predicted molar refractivity (Wildman–Crippen MR) is 139 cm³/mol. The first kappa shape index (κ1) is 26.9. The fourth-order valence-electron chi connectivity index (χ4n) is 4.52. The highest BCUT2D eigenvalue weighted by atomic mass is 16.7. The van der Waals surface area contributed by atoms with Crippen molar-refractivity contribution in [2.24, 2.45) is 5.92 Å². The van der Waals surface area contributed by atoms with Gasteiger partial charge in [0.25, 0.3) is 5.91 Å². The van der Waals surface area contributed by atoms with Crippen molar-refractivity contribution in [2.75, 3.05) is 39.6 Å². The molecule has 1 aliphatic rings. The lowest BCUT2D eigenvalue weighted by Gasteiger charge is -2.36. The van der Waals surface area contributed by atoms with Gasteiger partial charge in [-0.1, -0.05) is 48.5 Å². The van der Waals surface area contributed by atoms with E-state index in [9.17, 15) is 4.79 Å². The zero-order valence-corrected chi connectivity index (χ0v) is 21.1. The summed E-state index contributed by atoms with van der Waals surface area (Å²) in [6.07, 6.45) is 3.66. The number of aliphatic hydroxyl groups excluding tert-OH is 1. The van der Waals surface area contributed by atoms with Gasteiger partial charge >= 0.3 is 0 Å². The fourth-order valence-corrected chi connectivity index (χ4v) is 4.52. The molecule has 37 heavy (non-hydrogen) atoms. The predicted octanol–water partition coefficient (Wildman–Crippen LogP) is 4.14. The molecular formula is C29H35NO7. The normalized spacial score (nSPS) is 19.4. The van der Waals surface area contributed by atoms with Crippen LogP contribution >= 0.6 is 0 Å². The number of para-hydroxylation sites is 1. The molecule has 2 heterocycles. The van der Waals surface area contributed by atoms with Crippen molar-refractivity contribution in [3.8, 4) is 0 Å². The number of carbonyl (C=O) groups excluding carboxylic acids is 1. The average molecular weight is 510 g/mol. The molecule has 0 radical (unpaired) electrons. The Kier molecular flexibility index (Phi) is 10.1. The summed E-state index contributed by atoms with van der Waals surface area (Å²) in [5.74, 6) is -0.341. The Hall–Kier alpha value is -3.17. The molecule has 0 bridgehead atoms. The maximum absolute atomic E-state index is 13.2. The topological polar surface area (TPSA) is 99.4 Å². The van der Waals surface area contributed by atoms with Crippen LogP contribution in [-0.4, -0.2) is 56.9 Å². The van der Waals surface area contributed by atoms with E-state index in [0.29, 0.717) is 46.0 Å². The number of furan rings is 1. The molecule has 1 aliphatic heterocycles. The Morgan fingerprint density at radius 3 is 2.54 bits per heavy atom. The van der Waals surface area contributed by atoms with Crippen molar-refractivity contribution in [3.05, 3.63) is 83.8 Å². The average Bonchev–Trinajstić information content (AvgIpc) is 3.36. The van der Waals surface area contributed by atoms with E-state index in [1.165, 1.54) is 0 Å². The van der Waals surface area contributed by atoms with Crippen LogP contribution in [0, 0.1) is 5.92 Å². The Labute approximate surface area is 217 Å². The molecule has 0 spiro atoms. The van der Waals surface area contributed by atoms with E-state index in [-0.39, 0.29) is 30.1 Å². The Balaban J connectivity index is 1.54. The molecule has 1 aromatic heterocycles. The maximum Gasteiger partial charge on any atom is 0.286 e. The molecule has 3 unspecified atom stereocenters. The van der Waals surface area contributed by atoms with Crippen LogP contribution < -0.4 is 5.32 Å². The van der Waals surface area contributed by atoms with Gasteiger partial charge in [0.1, 0.15) is 5.58 Å². The molecule has 0 fully saturated rings. The van der Waals surface area contributed by atoms with Gasteiger partial charge in [-0.2, -0.15) is 0 Å². The lowest BCUT2D eigenvalue weighted by Crippen LogP contribution is -2.39. The summed E-state index contributed by atoms with van der Waals surface area (Å²) in [6, 6.07) is 17.6. The fraction of sp³-hybridized carbons (Fsp3) is 0.414. The first-order valence-electron chi connectivity index (χ1n) is 12.8. The third-order valence-corrected chi connectivity index (χ3v) is 6.31. The van der Waals surface area contributed by atoms with Crippen LogP contribution in [0.1, 0.15) is 30.4 Å². The zero-order chi connectivity index (χ0) is 25.9. The smallest absolute Gasteiger partial charge is 0.286 e. The molecule has 0 saturated heterocycles. The van der Waals surface area contributed by atoms with Crippen molar-refractivity contribution in [2.45, 2.75) is 32.1 Å². The second kappa shape index (κ2) is 13.9. The number of benzene rings is 2. The summed E-state index contributed by atoms with van der Waals surface area (Å²) < 4.78 is 29.0. The summed E-state index contributed by atoms with van der Waals surface area (Å²) in [5.41, 5.74) is 2.77. The molecule has 2 N–H and O–H groups in total. The van der Waals surface area contributed by atoms with Crippen LogP contribution in [0.5, 0.6) is 0 Å². The second-order valence-electron chi connectivity index (χ2n) is 8.75. The van der Waals surface area contributed by atoms with Gasteiger partial charge in [0.05, 0.1) is 32.7 Å². The van der Waals surface area contributed by atoms with E-state index < -0.39 is 6.29 Å². The molecule has 3 atom stereocenters. The number of nitrogens with one attached hydrogen (secondary N) is 1. The van der Waals surface area contributed by atoms with Crippen LogP contribution in [0.25, 0.3) is 11.0 Å². The van der Waals surface area contributed by atoms with Gasteiger partial charge in [-0.25, -0.2) is 0 Å². The van der Waals surface area contributed by atoms with E-state index in [1.807, 2.05) is 67.6 Å². The van der Waals surface area contributed by atoms with Gasteiger partial charge in [0, 0.05) is 42.5 Å². The number of amides is 1. The number of hydrogen-bond donors (Lipinski definition) is 2. The highest BCUT2D eigenvalue weighted by Gasteiger charge is 2.39. The first-order valence-corrected chi connectivity index (χ1v) is 12.8. The van der Waals surface area contributed by atoms with E-state index in [0.717, 1.165) is 22.1 Å². The van der Waals surface area contributed by atoms with Crippen LogP contribution in [0.2, 0.25) is 0 Å². The highest BCUT2D eigenvalue weighted by Crippen LogP contribution is 2.41. The van der Waals surface area contributed by atoms with Crippen molar-refractivity contribution in [1.82, 2.24) is 5.32 Å². The third-order valence-electron chi connectivity index (χ3n) is 6.31. The Morgan fingerprint density at radius 1 is 1.00 bits per heavy atom.